The van der Waals surface area contributed by atoms with Crippen LogP contribution in [-0.2, 0) is 11.3 Å². The summed E-state index contributed by atoms with van der Waals surface area (Å²) in [5, 5.41) is 6.79. The molecule has 9 heteroatoms. The summed E-state index contributed by atoms with van der Waals surface area (Å²) >= 11 is 0. The van der Waals surface area contributed by atoms with Crippen LogP contribution in [0.5, 0.6) is 0 Å². The fourth-order valence-corrected chi connectivity index (χ4v) is 3.86. The number of benzene rings is 2. The van der Waals surface area contributed by atoms with Crippen molar-refractivity contribution in [2.45, 2.75) is 45.3 Å². The van der Waals surface area contributed by atoms with Gasteiger partial charge < -0.3 is 10.1 Å². The monoisotopic (exact) mass is 466 g/mol. The summed E-state index contributed by atoms with van der Waals surface area (Å²) in [7, 11) is 0. The molecular formula is C25H27FN4O4. The van der Waals surface area contributed by atoms with E-state index in [1.165, 1.54) is 18.2 Å². The van der Waals surface area contributed by atoms with Gasteiger partial charge in [0.2, 0.25) is 5.69 Å². The molecule has 2 heterocycles. The number of rotatable bonds is 7. The molecule has 2 aromatic carbocycles. The Morgan fingerprint density at radius 3 is 2.56 bits per heavy atom. The summed E-state index contributed by atoms with van der Waals surface area (Å²) in [6.45, 7) is 4.62. The van der Waals surface area contributed by atoms with Gasteiger partial charge in [0.1, 0.15) is 5.82 Å². The van der Waals surface area contributed by atoms with Crippen molar-refractivity contribution in [2.75, 3.05) is 13.2 Å². The van der Waals surface area contributed by atoms with E-state index in [9.17, 15) is 18.8 Å². The van der Waals surface area contributed by atoms with Gasteiger partial charge in [0.25, 0.3) is 11.5 Å². The quantitative estimate of drug-likeness (QED) is 0.578. The van der Waals surface area contributed by atoms with Gasteiger partial charge in [-0.15, -0.1) is 0 Å². The highest BCUT2D eigenvalue weighted by atomic mass is 19.1. The van der Waals surface area contributed by atoms with E-state index in [2.05, 4.69) is 10.4 Å². The van der Waals surface area contributed by atoms with Crippen molar-refractivity contribution in [3.8, 4) is 5.69 Å². The summed E-state index contributed by atoms with van der Waals surface area (Å²) < 4.78 is 21.7. The van der Waals surface area contributed by atoms with Crippen LogP contribution in [-0.4, -0.2) is 39.5 Å². The summed E-state index contributed by atoms with van der Waals surface area (Å²) in [5.74, 6) is -0.981. The maximum atomic E-state index is 14.3. The van der Waals surface area contributed by atoms with E-state index < -0.39 is 28.7 Å². The van der Waals surface area contributed by atoms with Crippen molar-refractivity contribution in [3.63, 3.8) is 0 Å². The van der Waals surface area contributed by atoms with E-state index in [1.807, 2.05) is 26.0 Å². The summed E-state index contributed by atoms with van der Waals surface area (Å²) in [4.78, 5) is 39.3. The Morgan fingerprint density at radius 2 is 1.91 bits per heavy atom. The first-order valence-corrected chi connectivity index (χ1v) is 11.3. The maximum absolute atomic E-state index is 14.3. The smallest absolute Gasteiger partial charge is 0.352 e. The Bertz CT molecular complexity index is 1290. The zero-order valence-corrected chi connectivity index (χ0v) is 19.2. The fourth-order valence-electron chi connectivity index (χ4n) is 3.86. The molecule has 1 aliphatic rings. The molecule has 0 aliphatic carbocycles. The van der Waals surface area contributed by atoms with E-state index in [0.29, 0.717) is 12.3 Å². The average Bonchev–Trinajstić information content (AvgIpc) is 3.35. The van der Waals surface area contributed by atoms with Crippen LogP contribution in [0.4, 0.5) is 4.39 Å². The number of hydrogen-bond donors (Lipinski definition) is 1. The molecule has 34 heavy (non-hydrogen) atoms. The summed E-state index contributed by atoms with van der Waals surface area (Å²) in [6, 6.07) is 13.0. The first kappa shape index (κ1) is 23.6. The van der Waals surface area contributed by atoms with E-state index in [1.54, 1.807) is 18.2 Å². The molecule has 3 aromatic rings. The lowest BCUT2D eigenvalue weighted by molar-refractivity contribution is 0.0849. The van der Waals surface area contributed by atoms with Crippen LogP contribution in [0.2, 0.25) is 0 Å². The molecule has 0 saturated carbocycles. The molecule has 0 spiro atoms. The standard InChI is InChI=1S/C25H27FN4O4/c1-16(2)17-9-11-19(12-10-17)30-25(33)29(15-18-6-3-4-8-21(18)26)24(32)22(28-30)23(31)27-14-20-7-5-13-34-20/h3-4,6,8-12,16,20H,5,7,13-15H2,1-2H3,(H,27,31). The van der Waals surface area contributed by atoms with Gasteiger partial charge in [-0.1, -0.05) is 44.2 Å². The highest BCUT2D eigenvalue weighted by molar-refractivity contribution is 5.91. The van der Waals surface area contributed by atoms with E-state index in [-0.39, 0.29) is 30.7 Å². The third-order valence-electron chi connectivity index (χ3n) is 5.88. The minimum Gasteiger partial charge on any atom is -0.376 e. The number of carbonyl (C=O) groups excluding carboxylic acids is 1. The van der Waals surface area contributed by atoms with Gasteiger partial charge in [0.15, 0.2) is 0 Å². The van der Waals surface area contributed by atoms with Crippen LogP contribution in [0.25, 0.3) is 5.69 Å². The molecule has 0 bridgehead atoms. The SMILES string of the molecule is CC(C)c1ccc(-n2nc(C(=O)NCC3CCCO3)c(=O)n(Cc3ccccc3F)c2=O)cc1. The van der Waals surface area contributed by atoms with Crippen molar-refractivity contribution < 1.29 is 13.9 Å². The Kier molecular flexibility index (Phi) is 7.02. The third kappa shape index (κ3) is 4.99. The molecule has 4 rings (SSSR count). The number of nitrogens with zero attached hydrogens (tertiary/aromatic N) is 3. The van der Waals surface area contributed by atoms with Gasteiger partial charge in [0.05, 0.1) is 18.3 Å². The molecule has 1 aromatic heterocycles. The minimum absolute atomic E-state index is 0.126. The molecule has 1 aliphatic heterocycles. The number of nitrogens with one attached hydrogen (secondary N) is 1. The number of ether oxygens (including phenoxy) is 1. The van der Waals surface area contributed by atoms with E-state index in [4.69, 9.17) is 4.74 Å². The van der Waals surface area contributed by atoms with Gasteiger partial charge in [0, 0.05) is 18.7 Å². The average molecular weight is 467 g/mol. The highest BCUT2D eigenvalue weighted by Crippen LogP contribution is 2.16. The number of amides is 1. The van der Waals surface area contributed by atoms with Crippen LogP contribution in [0, 0.1) is 5.82 Å². The van der Waals surface area contributed by atoms with Crippen molar-refractivity contribution in [1.82, 2.24) is 19.7 Å². The van der Waals surface area contributed by atoms with Crippen molar-refractivity contribution in [1.29, 1.82) is 0 Å². The molecule has 1 saturated heterocycles. The fraction of sp³-hybridized carbons (Fsp3) is 0.360. The lowest BCUT2D eigenvalue weighted by Gasteiger charge is -2.14. The molecule has 8 nitrogen and oxygen atoms in total. The van der Waals surface area contributed by atoms with Crippen molar-refractivity contribution in [3.05, 3.63) is 92.0 Å². The zero-order valence-electron chi connectivity index (χ0n) is 19.2. The third-order valence-corrected chi connectivity index (χ3v) is 5.88. The number of hydrogen-bond acceptors (Lipinski definition) is 5. The second kappa shape index (κ2) is 10.1. The van der Waals surface area contributed by atoms with E-state index >= 15 is 0 Å². The Morgan fingerprint density at radius 1 is 1.18 bits per heavy atom. The van der Waals surface area contributed by atoms with Crippen LogP contribution in [0.3, 0.4) is 0 Å². The minimum atomic E-state index is -0.881. The van der Waals surface area contributed by atoms with Gasteiger partial charge in [-0.2, -0.15) is 9.78 Å². The Balaban J connectivity index is 1.77. The largest absolute Gasteiger partial charge is 0.376 e. The van der Waals surface area contributed by atoms with Gasteiger partial charge in [-0.05, 0) is 42.5 Å². The first-order valence-electron chi connectivity index (χ1n) is 11.3. The summed E-state index contributed by atoms with van der Waals surface area (Å²) in [6.07, 6.45) is 1.59. The molecule has 1 fully saturated rings. The highest BCUT2D eigenvalue weighted by Gasteiger charge is 2.23. The predicted molar refractivity (Wildman–Crippen MR) is 125 cm³/mol. The second-order valence-electron chi connectivity index (χ2n) is 8.62. The van der Waals surface area contributed by atoms with Crippen LogP contribution in [0.15, 0.2) is 58.1 Å². The number of halogens is 1. The topological polar surface area (TPSA) is 95.2 Å². The summed E-state index contributed by atoms with van der Waals surface area (Å²) in [5.41, 5.74) is -0.479. The molecule has 1 unspecified atom stereocenters. The van der Waals surface area contributed by atoms with Crippen LogP contribution < -0.4 is 16.6 Å². The Hall–Kier alpha value is -3.59. The van der Waals surface area contributed by atoms with Crippen molar-refractivity contribution >= 4 is 5.91 Å². The lowest BCUT2D eigenvalue weighted by Crippen LogP contribution is -2.46. The number of carbonyl (C=O) groups is 1. The van der Waals surface area contributed by atoms with Gasteiger partial charge >= 0.3 is 5.69 Å². The zero-order chi connectivity index (χ0) is 24.2. The molecule has 178 valence electrons. The Labute approximate surface area is 196 Å². The van der Waals surface area contributed by atoms with Gasteiger partial charge in [-0.3, -0.25) is 14.2 Å². The normalized spacial score (nSPS) is 15.6. The molecule has 0 radical (unpaired) electrons. The van der Waals surface area contributed by atoms with Crippen molar-refractivity contribution in [2.24, 2.45) is 0 Å². The maximum Gasteiger partial charge on any atom is 0.352 e. The van der Waals surface area contributed by atoms with E-state index in [0.717, 1.165) is 27.7 Å². The second-order valence-corrected chi connectivity index (χ2v) is 8.62. The molecule has 1 atom stereocenters. The number of aromatic nitrogens is 3. The van der Waals surface area contributed by atoms with Crippen LogP contribution in [0.1, 0.15) is 54.2 Å². The molecule has 1 N–H and O–H groups in total. The van der Waals surface area contributed by atoms with Gasteiger partial charge in [-0.25, -0.2) is 9.18 Å². The van der Waals surface area contributed by atoms with Crippen LogP contribution >= 0.6 is 0 Å². The molecule has 1 amide bonds. The first-order chi connectivity index (χ1) is 16.3. The molecular weight excluding hydrogens is 439 g/mol. The lowest BCUT2D eigenvalue weighted by atomic mass is 10.0. The predicted octanol–water partition coefficient (Wildman–Crippen LogP) is 2.61.